The van der Waals surface area contributed by atoms with Gasteiger partial charge in [0.1, 0.15) is 18.2 Å². The van der Waals surface area contributed by atoms with Crippen LogP contribution in [0.1, 0.15) is 30.0 Å². The van der Waals surface area contributed by atoms with Gasteiger partial charge in [0.25, 0.3) is 0 Å². The molecule has 2 atom stereocenters. The van der Waals surface area contributed by atoms with Gasteiger partial charge in [-0.1, -0.05) is 30.3 Å². The molecule has 6 heteroatoms. The number of nitrogens with two attached hydrogens (primary N) is 1. The Labute approximate surface area is 146 Å². The quantitative estimate of drug-likeness (QED) is 0.870. The number of hydrogen-bond acceptors (Lipinski definition) is 3. The van der Waals surface area contributed by atoms with Gasteiger partial charge in [-0.15, -0.1) is 12.4 Å². The summed E-state index contributed by atoms with van der Waals surface area (Å²) in [6, 6.07) is 14.1. The molecule has 1 heterocycles. The summed E-state index contributed by atoms with van der Waals surface area (Å²) in [5, 5.41) is 3.23. The molecule has 1 aliphatic rings. The molecule has 0 unspecified atom stereocenters. The fourth-order valence-electron chi connectivity index (χ4n) is 2.80. The second kappa shape index (κ2) is 8.13. The van der Waals surface area contributed by atoms with E-state index in [9.17, 15) is 9.18 Å². The van der Waals surface area contributed by atoms with E-state index in [2.05, 4.69) is 5.32 Å². The van der Waals surface area contributed by atoms with Crippen LogP contribution in [0.4, 0.5) is 4.39 Å². The molecule has 0 saturated carbocycles. The third-order valence-corrected chi connectivity index (χ3v) is 4.12. The van der Waals surface area contributed by atoms with Gasteiger partial charge in [-0.05, 0) is 36.6 Å². The Balaban J connectivity index is 0.00000208. The van der Waals surface area contributed by atoms with Crippen molar-refractivity contribution in [1.82, 2.24) is 5.32 Å². The Morgan fingerprint density at radius 1 is 1.17 bits per heavy atom. The van der Waals surface area contributed by atoms with Gasteiger partial charge >= 0.3 is 0 Å². The molecule has 1 amide bonds. The van der Waals surface area contributed by atoms with Crippen LogP contribution in [-0.2, 0) is 11.4 Å². The number of amides is 1. The predicted octanol–water partition coefficient (Wildman–Crippen LogP) is 3.10. The van der Waals surface area contributed by atoms with E-state index in [4.69, 9.17) is 10.5 Å². The third kappa shape index (κ3) is 4.24. The Morgan fingerprint density at radius 3 is 2.50 bits per heavy atom. The first-order valence-electron chi connectivity index (χ1n) is 7.65. The predicted molar refractivity (Wildman–Crippen MR) is 92.5 cm³/mol. The van der Waals surface area contributed by atoms with Gasteiger partial charge in [0.2, 0.25) is 5.91 Å². The lowest BCUT2D eigenvalue weighted by Crippen LogP contribution is -2.37. The Morgan fingerprint density at radius 2 is 1.88 bits per heavy atom. The summed E-state index contributed by atoms with van der Waals surface area (Å²) >= 11 is 0. The van der Waals surface area contributed by atoms with Crippen molar-refractivity contribution in [3.8, 4) is 5.75 Å². The summed E-state index contributed by atoms with van der Waals surface area (Å²) in [4.78, 5) is 11.2. The maximum atomic E-state index is 13.5. The topological polar surface area (TPSA) is 64.4 Å². The van der Waals surface area contributed by atoms with Crippen LogP contribution in [0, 0.1) is 5.82 Å². The maximum Gasteiger partial charge on any atom is 0.234 e. The Kier molecular flexibility index (Phi) is 6.17. The molecule has 0 aromatic heterocycles. The SMILES string of the molecule is Cl.NC(=O)[C@H]1CC[C@H](c2ccc(OCc3ccccc3F)cc2)N1. The third-order valence-electron chi connectivity index (χ3n) is 4.12. The van der Waals surface area contributed by atoms with Crippen LogP contribution < -0.4 is 15.8 Å². The van der Waals surface area contributed by atoms with E-state index in [1.165, 1.54) is 6.07 Å². The minimum atomic E-state index is -0.308. The largest absolute Gasteiger partial charge is 0.489 e. The number of rotatable bonds is 5. The normalized spacial score (nSPS) is 19.5. The molecule has 3 rings (SSSR count). The van der Waals surface area contributed by atoms with Crippen LogP contribution in [-0.4, -0.2) is 11.9 Å². The molecule has 24 heavy (non-hydrogen) atoms. The summed E-state index contributed by atoms with van der Waals surface area (Å²) in [6.45, 7) is 0.192. The van der Waals surface area contributed by atoms with Crippen LogP contribution in [0.15, 0.2) is 48.5 Å². The van der Waals surface area contributed by atoms with E-state index in [1.807, 2.05) is 24.3 Å². The van der Waals surface area contributed by atoms with Crippen LogP contribution >= 0.6 is 12.4 Å². The highest BCUT2D eigenvalue weighted by Gasteiger charge is 2.28. The highest BCUT2D eigenvalue weighted by molar-refractivity contribution is 5.85. The number of carbonyl (C=O) groups excluding carboxylic acids is 1. The van der Waals surface area contributed by atoms with Crippen LogP contribution in [0.5, 0.6) is 5.75 Å². The van der Waals surface area contributed by atoms with Gasteiger partial charge < -0.3 is 10.5 Å². The van der Waals surface area contributed by atoms with E-state index in [-0.39, 0.29) is 42.8 Å². The second-order valence-electron chi connectivity index (χ2n) is 5.70. The summed E-state index contributed by atoms with van der Waals surface area (Å²) in [6.07, 6.45) is 1.63. The highest BCUT2D eigenvalue weighted by atomic mass is 35.5. The molecule has 1 fully saturated rings. The van der Waals surface area contributed by atoms with Gasteiger partial charge in [-0.3, -0.25) is 10.1 Å². The average Bonchev–Trinajstić information content (AvgIpc) is 3.05. The number of carbonyl (C=O) groups is 1. The fraction of sp³-hybridized carbons (Fsp3) is 0.278. The van der Waals surface area contributed by atoms with E-state index in [0.717, 1.165) is 18.4 Å². The maximum absolute atomic E-state index is 13.5. The van der Waals surface area contributed by atoms with Gasteiger partial charge in [0.15, 0.2) is 0 Å². The van der Waals surface area contributed by atoms with E-state index < -0.39 is 0 Å². The monoisotopic (exact) mass is 350 g/mol. The molecule has 2 aromatic carbocycles. The van der Waals surface area contributed by atoms with Crippen molar-refractivity contribution in [3.63, 3.8) is 0 Å². The fourth-order valence-corrected chi connectivity index (χ4v) is 2.80. The number of ether oxygens (including phenoxy) is 1. The van der Waals surface area contributed by atoms with Crippen LogP contribution in [0.2, 0.25) is 0 Å². The molecular weight excluding hydrogens is 331 g/mol. The summed E-state index contributed by atoms with van der Waals surface area (Å²) in [5.74, 6) is 0.107. The van der Waals surface area contributed by atoms with Crippen LogP contribution in [0.3, 0.4) is 0 Å². The summed E-state index contributed by atoms with van der Waals surface area (Å²) < 4.78 is 19.2. The molecule has 4 nitrogen and oxygen atoms in total. The lowest BCUT2D eigenvalue weighted by molar-refractivity contribution is -0.119. The highest BCUT2D eigenvalue weighted by Crippen LogP contribution is 2.28. The smallest absolute Gasteiger partial charge is 0.234 e. The molecule has 128 valence electrons. The first-order chi connectivity index (χ1) is 11.1. The minimum absolute atomic E-state index is 0. The first kappa shape index (κ1) is 18.2. The Hall–Kier alpha value is -2.11. The van der Waals surface area contributed by atoms with E-state index in [1.54, 1.807) is 18.2 Å². The lowest BCUT2D eigenvalue weighted by Gasteiger charge is -2.13. The summed E-state index contributed by atoms with van der Waals surface area (Å²) in [7, 11) is 0. The number of benzene rings is 2. The second-order valence-corrected chi connectivity index (χ2v) is 5.70. The molecule has 2 aromatic rings. The minimum Gasteiger partial charge on any atom is -0.489 e. The number of nitrogens with one attached hydrogen (secondary N) is 1. The molecule has 0 spiro atoms. The molecule has 0 bridgehead atoms. The standard InChI is InChI=1S/C18H19FN2O2.ClH/c19-15-4-2-1-3-13(15)11-23-14-7-5-12(6-8-14)16-9-10-17(21-16)18(20)22;/h1-8,16-17,21H,9-11H2,(H2,20,22);1H/t16-,17-;/m1./s1. The summed E-state index contributed by atoms with van der Waals surface area (Å²) in [5.41, 5.74) is 6.93. The van der Waals surface area contributed by atoms with Gasteiger partial charge in [0, 0.05) is 11.6 Å². The molecule has 0 aliphatic carbocycles. The number of primary amides is 1. The van der Waals surface area contributed by atoms with Crippen molar-refractivity contribution in [1.29, 1.82) is 0 Å². The van der Waals surface area contributed by atoms with Crippen molar-refractivity contribution in [2.75, 3.05) is 0 Å². The zero-order valence-electron chi connectivity index (χ0n) is 13.1. The Bertz CT molecular complexity index is 694. The van der Waals surface area contributed by atoms with Crippen LogP contribution in [0.25, 0.3) is 0 Å². The number of hydrogen-bond donors (Lipinski definition) is 2. The van der Waals surface area contributed by atoms with Crippen molar-refractivity contribution in [2.24, 2.45) is 5.73 Å². The van der Waals surface area contributed by atoms with Gasteiger partial charge in [-0.2, -0.15) is 0 Å². The van der Waals surface area contributed by atoms with Crippen molar-refractivity contribution < 1.29 is 13.9 Å². The average molecular weight is 351 g/mol. The molecule has 1 saturated heterocycles. The van der Waals surface area contributed by atoms with E-state index in [0.29, 0.717) is 11.3 Å². The first-order valence-corrected chi connectivity index (χ1v) is 7.65. The molecule has 0 radical (unpaired) electrons. The lowest BCUT2D eigenvalue weighted by atomic mass is 10.1. The van der Waals surface area contributed by atoms with Gasteiger partial charge in [0.05, 0.1) is 6.04 Å². The molecule has 3 N–H and O–H groups in total. The molecular formula is C18H20ClFN2O2. The number of halogens is 2. The van der Waals surface area contributed by atoms with Crippen molar-refractivity contribution >= 4 is 18.3 Å². The van der Waals surface area contributed by atoms with Gasteiger partial charge in [-0.25, -0.2) is 4.39 Å². The zero-order valence-corrected chi connectivity index (χ0v) is 13.9. The molecule has 1 aliphatic heterocycles. The van der Waals surface area contributed by atoms with E-state index >= 15 is 0 Å². The van der Waals surface area contributed by atoms with Crippen molar-refractivity contribution in [2.45, 2.75) is 31.5 Å². The zero-order chi connectivity index (χ0) is 16.2. The van der Waals surface area contributed by atoms with Crippen molar-refractivity contribution in [3.05, 3.63) is 65.5 Å².